The van der Waals surface area contributed by atoms with Crippen LogP contribution >= 0.6 is 11.9 Å². The number of ether oxygens (including phenoxy) is 5. The van der Waals surface area contributed by atoms with Crippen molar-refractivity contribution in [2.45, 2.75) is 29.9 Å². The van der Waals surface area contributed by atoms with E-state index in [9.17, 15) is 15.3 Å². The topological polar surface area (TPSA) is 130 Å². The largest absolute Gasteiger partial charge is 0.394 e. The van der Waals surface area contributed by atoms with Crippen molar-refractivity contribution in [3.05, 3.63) is 0 Å². The minimum absolute atomic E-state index is 0.447. The quantitative estimate of drug-likeness (QED) is 0.166. The van der Waals surface area contributed by atoms with Gasteiger partial charge in [0.2, 0.25) is 0 Å². The summed E-state index contributed by atoms with van der Waals surface area (Å²) < 4.78 is 28.3. The maximum Gasteiger partial charge on any atom is 0.146 e. The van der Waals surface area contributed by atoms with Gasteiger partial charge < -0.3 is 44.1 Å². The molecule has 0 saturated carbocycles. The van der Waals surface area contributed by atoms with Crippen LogP contribution in [0.5, 0.6) is 0 Å². The molecule has 0 aromatic carbocycles. The molecule has 0 aliphatic carbocycles. The first-order valence-electron chi connectivity index (χ1n) is 8.90. The fourth-order valence-electron chi connectivity index (χ4n) is 2.37. The molecule has 11 heteroatoms. The molecule has 5 atom stereocenters. The molecule has 1 heterocycles. The number of hydrogen-bond donors (Lipinski definition) is 4. The summed E-state index contributed by atoms with van der Waals surface area (Å²) in [5.41, 5.74) is -0.774. The molecule has 0 aromatic rings. The minimum atomic E-state index is -1.28. The van der Waals surface area contributed by atoms with Crippen LogP contribution in [-0.4, -0.2) is 128 Å². The Morgan fingerprint density at radius 2 is 1.48 bits per heavy atom. The summed E-state index contributed by atoms with van der Waals surface area (Å²) in [5.74, 6) is 0. The van der Waals surface area contributed by atoms with Crippen LogP contribution < -0.4 is 0 Å². The first kappa shape index (κ1) is 25.0. The third-order valence-electron chi connectivity index (χ3n) is 3.91. The van der Waals surface area contributed by atoms with E-state index in [1.54, 1.807) is 14.2 Å². The molecule has 1 rings (SSSR count). The third-order valence-corrected chi connectivity index (χ3v) is 5.17. The lowest BCUT2D eigenvalue weighted by atomic mass is 10.1. The molecular formula is C16H33NO9S. The van der Waals surface area contributed by atoms with Crippen LogP contribution in [0.1, 0.15) is 0 Å². The predicted octanol–water partition coefficient (Wildman–Crippen LogP) is -1.94. The van der Waals surface area contributed by atoms with E-state index < -0.39 is 36.5 Å². The van der Waals surface area contributed by atoms with E-state index in [1.807, 2.05) is 4.31 Å². The van der Waals surface area contributed by atoms with Gasteiger partial charge in [-0.25, -0.2) is 4.31 Å². The van der Waals surface area contributed by atoms with Crippen molar-refractivity contribution in [1.29, 1.82) is 0 Å². The summed E-state index contributed by atoms with van der Waals surface area (Å²) in [4.78, 5) is 0. The van der Waals surface area contributed by atoms with Crippen LogP contribution in [0.3, 0.4) is 0 Å². The van der Waals surface area contributed by atoms with Crippen LogP contribution in [-0.2, 0) is 23.7 Å². The van der Waals surface area contributed by atoms with Crippen molar-refractivity contribution >= 4 is 11.9 Å². The number of aliphatic hydroxyl groups excluding tert-OH is 4. The first-order chi connectivity index (χ1) is 13.0. The Bertz CT molecular complexity index is 355. The van der Waals surface area contributed by atoms with Gasteiger partial charge in [-0.05, 0) is 11.9 Å². The molecule has 27 heavy (non-hydrogen) atoms. The van der Waals surface area contributed by atoms with E-state index in [0.29, 0.717) is 52.7 Å². The normalized spacial score (nSPS) is 26.8. The second-order valence-corrected chi connectivity index (χ2v) is 7.14. The molecule has 162 valence electrons. The fourth-order valence-corrected chi connectivity index (χ4v) is 3.48. The van der Waals surface area contributed by atoms with Crippen molar-refractivity contribution in [3.63, 3.8) is 0 Å². The predicted molar refractivity (Wildman–Crippen MR) is 98.3 cm³/mol. The van der Waals surface area contributed by atoms with Crippen molar-refractivity contribution in [3.8, 4) is 0 Å². The molecule has 10 nitrogen and oxygen atoms in total. The highest BCUT2D eigenvalue weighted by Crippen LogP contribution is 2.32. The van der Waals surface area contributed by atoms with Crippen molar-refractivity contribution in [2.75, 3.05) is 73.6 Å². The Morgan fingerprint density at radius 3 is 1.96 bits per heavy atom. The van der Waals surface area contributed by atoms with Gasteiger partial charge in [0.25, 0.3) is 0 Å². The van der Waals surface area contributed by atoms with Crippen molar-refractivity contribution in [1.82, 2.24) is 4.31 Å². The summed E-state index contributed by atoms with van der Waals surface area (Å²) in [6.07, 6.45) is -4.77. The summed E-state index contributed by atoms with van der Waals surface area (Å²) in [5, 5.41) is 39.0. The highest BCUT2D eigenvalue weighted by Gasteiger charge is 2.46. The number of aliphatic hydroxyl groups is 4. The third kappa shape index (κ3) is 9.33. The summed E-state index contributed by atoms with van der Waals surface area (Å²) in [6.45, 7) is 3.38. The summed E-state index contributed by atoms with van der Waals surface area (Å²) in [7, 11) is 3.20. The molecule has 4 N–H and O–H groups in total. The number of hydrogen-bond acceptors (Lipinski definition) is 11. The lowest BCUT2D eigenvalue weighted by Crippen LogP contribution is -2.40. The molecule has 1 aliphatic heterocycles. The number of rotatable bonds is 16. The van der Waals surface area contributed by atoms with Gasteiger partial charge in [0.15, 0.2) is 0 Å². The van der Waals surface area contributed by atoms with Crippen LogP contribution in [0.25, 0.3) is 0 Å². The molecule has 0 aromatic heterocycles. The standard InChI is InChI=1S/C16H33NO9S/c1-22-7-9-24-5-3-17(4-6-25-10-8-23-2)27-16-14(21)13(20)15(26-16)12(19)11-18/h12-16,18-21H,3-11H2,1-2H3/t12-,13-,14-,15+,16+/m1/s1. The molecule has 1 fully saturated rings. The maximum atomic E-state index is 10.2. The zero-order valence-corrected chi connectivity index (χ0v) is 16.8. The monoisotopic (exact) mass is 415 g/mol. The Hall–Kier alpha value is -0.0500. The van der Waals surface area contributed by atoms with Gasteiger partial charge in [-0.2, -0.15) is 0 Å². The van der Waals surface area contributed by atoms with E-state index in [0.717, 1.165) is 0 Å². The van der Waals surface area contributed by atoms with Gasteiger partial charge >= 0.3 is 0 Å². The van der Waals surface area contributed by atoms with Gasteiger partial charge in [-0.15, -0.1) is 0 Å². The Morgan fingerprint density at radius 1 is 0.926 bits per heavy atom. The maximum absolute atomic E-state index is 10.2. The smallest absolute Gasteiger partial charge is 0.146 e. The summed E-state index contributed by atoms with van der Waals surface area (Å²) in [6, 6.07) is 0. The number of methoxy groups -OCH3 is 2. The summed E-state index contributed by atoms with van der Waals surface area (Å²) >= 11 is 1.21. The van der Waals surface area contributed by atoms with Crippen LogP contribution in [0, 0.1) is 0 Å². The number of nitrogens with zero attached hydrogens (tertiary/aromatic N) is 1. The molecular weight excluding hydrogens is 382 g/mol. The van der Waals surface area contributed by atoms with Crippen molar-refractivity contribution in [2.24, 2.45) is 0 Å². The molecule has 1 saturated heterocycles. The highest BCUT2D eigenvalue weighted by molar-refractivity contribution is 7.97. The molecule has 0 amide bonds. The van der Waals surface area contributed by atoms with Gasteiger partial charge in [-0.1, -0.05) is 0 Å². The molecule has 0 radical (unpaired) electrons. The zero-order chi connectivity index (χ0) is 20.1. The minimum Gasteiger partial charge on any atom is -0.394 e. The van der Waals surface area contributed by atoms with Gasteiger partial charge in [0.05, 0.1) is 46.2 Å². The van der Waals surface area contributed by atoms with E-state index in [2.05, 4.69) is 0 Å². The van der Waals surface area contributed by atoms with Crippen LogP contribution in [0.4, 0.5) is 0 Å². The van der Waals surface area contributed by atoms with Gasteiger partial charge in [0.1, 0.15) is 29.9 Å². The van der Waals surface area contributed by atoms with Crippen LogP contribution in [0.2, 0.25) is 0 Å². The SMILES string of the molecule is COCCOCCN(CCOCCOC)S[C@@H]1O[C@@H]([C@H](O)CO)[C@H](O)[C@H]1O. The molecule has 0 unspecified atom stereocenters. The highest BCUT2D eigenvalue weighted by atomic mass is 32.2. The van der Waals surface area contributed by atoms with Crippen molar-refractivity contribution < 1.29 is 44.1 Å². The second kappa shape index (κ2) is 14.9. The van der Waals surface area contributed by atoms with E-state index in [4.69, 9.17) is 28.8 Å². The van der Waals surface area contributed by atoms with E-state index >= 15 is 0 Å². The first-order valence-corrected chi connectivity index (χ1v) is 9.74. The Kier molecular flexibility index (Phi) is 13.8. The molecule has 1 aliphatic rings. The lowest BCUT2D eigenvalue weighted by Gasteiger charge is -2.25. The average molecular weight is 416 g/mol. The van der Waals surface area contributed by atoms with E-state index in [1.165, 1.54) is 11.9 Å². The zero-order valence-electron chi connectivity index (χ0n) is 15.9. The Balaban J connectivity index is 2.49. The fraction of sp³-hybridized carbons (Fsp3) is 1.00. The second-order valence-electron chi connectivity index (χ2n) is 5.94. The Labute approximate surface area is 164 Å². The molecule has 0 bridgehead atoms. The van der Waals surface area contributed by atoms with E-state index in [-0.39, 0.29) is 0 Å². The molecule has 0 spiro atoms. The lowest BCUT2D eigenvalue weighted by molar-refractivity contribution is -0.0716. The van der Waals surface area contributed by atoms with Crippen LogP contribution in [0.15, 0.2) is 0 Å². The average Bonchev–Trinajstić information content (AvgIpc) is 2.95. The van der Waals surface area contributed by atoms with Gasteiger partial charge in [0, 0.05) is 27.3 Å². The van der Waals surface area contributed by atoms with Gasteiger partial charge in [-0.3, -0.25) is 0 Å².